The Morgan fingerprint density at radius 1 is 1.25 bits per heavy atom. The van der Waals surface area contributed by atoms with Crippen LogP contribution in [0.2, 0.25) is 5.02 Å². The summed E-state index contributed by atoms with van der Waals surface area (Å²) in [5.41, 5.74) is 1.84. The van der Waals surface area contributed by atoms with Crippen LogP contribution in [-0.2, 0) is 0 Å². The number of carboxylic acid groups (broad SMARTS) is 1. The van der Waals surface area contributed by atoms with E-state index in [0.29, 0.717) is 26.4 Å². The van der Waals surface area contributed by atoms with Gasteiger partial charge >= 0.3 is 5.97 Å². The molecule has 0 aliphatic heterocycles. The summed E-state index contributed by atoms with van der Waals surface area (Å²) in [6.07, 6.45) is 0. The maximum atomic E-state index is 11.0. The average Bonchev–Trinajstić information content (AvgIpc) is 2.41. The number of nitriles is 1. The van der Waals surface area contributed by atoms with Gasteiger partial charge in [0.15, 0.2) is 0 Å². The van der Waals surface area contributed by atoms with Crippen LogP contribution in [0.4, 0.5) is 11.4 Å². The third-order valence-corrected chi connectivity index (χ3v) is 3.58. The van der Waals surface area contributed by atoms with Crippen molar-refractivity contribution in [2.45, 2.75) is 0 Å². The number of hydrogen-bond acceptors (Lipinski definition) is 3. The van der Waals surface area contributed by atoms with E-state index in [-0.39, 0.29) is 5.56 Å². The van der Waals surface area contributed by atoms with Gasteiger partial charge < -0.3 is 10.4 Å². The summed E-state index contributed by atoms with van der Waals surface area (Å²) in [7, 11) is 0. The van der Waals surface area contributed by atoms with Crippen LogP contribution < -0.4 is 5.32 Å². The average molecular weight is 352 g/mol. The summed E-state index contributed by atoms with van der Waals surface area (Å²) in [5, 5.41) is 21.2. The topological polar surface area (TPSA) is 73.1 Å². The Kier molecular flexibility index (Phi) is 4.28. The van der Waals surface area contributed by atoms with Crippen molar-refractivity contribution in [1.82, 2.24) is 0 Å². The summed E-state index contributed by atoms with van der Waals surface area (Å²) in [5.74, 6) is -1.02. The van der Waals surface area contributed by atoms with E-state index >= 15 is 0 Å². The molecule has 6 heteroatoms. The third kappa shape index (κ3) is 3.10. The van der Waals surface area contributed by atoms with Crippen LogP contribution in [-0.4, -0.2) is 11.1 Å². The summed E-state index contributed by atoms with van der Waals surface area (Å²) in [4.78, 5) is 11.0. The third-order valence-electron chi connectivity index (χ3n) is 2.57. The van der Waals surface area contributed by atoms with E-state index in [4.69, 9.17) is 22.0 Å². The highest BCUT2D eigenvalue weighted by Gasteiger charge is 2.09. The van der Waals surface area contributed by atoms with Gasteiger partial charge in [0.25, 0.3) is 0 Å². The molecule has 0 aromatic heterocycles. The van der Waals surface area contributed by atoms with Crippen LogP contribution in [0, 0.1) is 11.3 Å². The molecule has 0 aliphatic rings. The standard InChI is InChI=1S/C14H8BrClN2O2/c15-12-4-3-9(5-11(12)14(19)20)18-10-2-1-8(7-17)13(16)6-10/h1-6,18H,(H,19,20). The minimum Gasteiger partial charge on any atom is -0.478 e. The second kappa shape index (κ2) is 5.95. The fourth-order valence-corrected chi connectivity index (χ4v) is 2.26. The highest BCUT2D eigenvalue weighted by atomic mass is 79.9. The van der Waals surface area contributed by atoms with E-state index in [1.165, 1.54) is 6.07 Å². The number of rotatable bonds is 3. The Bertz CT molecular complexity index is 726. The van der Waals surface area contributed by atoms with E-state index < -0.39 is 5.97 Å². The number of anilines is 2. The maximum absolute atomic E-state index is 11.0. The summed E-state index contributed by atoms with van der Waals surface area (Å²) >= 11 is 9.12. The molecule has 2 aromatic carbocycles. The highest BCUT2D eigenvalue weighted by molar-refractivity contribution is 9.10. The predicted octanol–water partition coefficient (Wildman–Crippen LogP) is 4.42. The monoisotopic (exact) mass is 350 g/mol. The molecule has 2 aromatic rings. The van der Waals surface area contributed by atoms with Gasteiger partial charge in [0.05, 0.1) is 16.1 Å². The van der Waals surface area contributed by atoms with Gasteiger partial charge in [-0.1, -0.05) is 11.6 Å². The second-order valence-corrected chi connectivity index (χ2v) is 5.19. The van der Waals surface area contributed by atoms with Crippen molar-refractivity contribution < 1.29 is 9.90 Å². The van der Waals surface area contributed by atoms with Crippen molar-refractivity contribution in [3.8, 4) is 6.07 Å². The van der Waals surface area contributed by atoms with E-state index in [9.17, 15) is 4.79 Å². The molecule has 0 fully saturated rings. The van der Waals surface area contributed by atoms with Crippen molar-refractivity contribution in [3.63, 3.8) is 0 Å². The number of nitrogens with one attached hydrogen (secondary N) is 1. The summed E-state index contributed by atoms with van der Waals surface area (Å²) in [6.45, 7) is 0. The zero-order valence-electron chi connectivity index (χ0n) is 10.0. The molecule has 2 N–H and O–H groups in total. The minimum atomic E-state index is -1.02. The van der Waals surface area contributed by atoms with Crippen LogP contribution in [0.25, 0.3) is 0 Å². The van der Waals surface area contributed by atoms with Gasteiger partial charge in [-0.3, -0.25) is 0 Å². The molecule has 4 nitrogen and oxygen atoms in total. The van der Waals surface area contributed by atoms with Gasteiger partial charge in [0.1, 0.15) is 6.07 Å². The van der Waals surface area contributed by atoms with E-state index in [0.717, 1.165) is 0 Å². The van der Waals surface area contributed by atoms with Crippen LogP contribution in [0.15, 0.2) is 40.9 Å². The van der Waals surface area contributed by atoms with Crippen molar-refractivity contribution in [3.05, 3.63) is 57.0 Å². The molecule has 0 aliphatic carbocycles. The minimum absolute atomic E-state index is 0.162. The number of hydrogen-bond donors (Lipinski definition) is 2. The molecule has 0 saturated carbocycles. The molecule has 0 spiro atoms. The SMILES string of the molecule is N#Cc1ccc(Nc2ccc(Br)c(C(=O)O)c2)cc1Cl. The molecule has 100 valence electrons. The predicted molar refractivity (Wildman–Crippen MR) is 80.6 cm³/mol. The van der Waals surface area contributed by atoms with Crippen LogP contribution in [0.5, 0.6) is 0 Å². The molecule has 20 heavy (non-hydrogen) atoms. The fraction of sp³-hybridized carbons (Fsp3) is 0. The maximum Gasteiger partial charge on any atom is 0.336 e. The van der Waals surface area contributed by atoms with E-state index in [1.54, 1.807) is 30.3 Å². The first-order chi connectivity index (χ1) is 9.51. The molecule has 0 amide bonds. The smallest absolute Gasteiger partial charge is 0.336 e. The van der Waals surface area contributed by atoms with Gasteiger partial charge in [0, 0.05) is 15.8 Å². The largest absolute Gasteiger partial charge is 0.478 e. The quantitative estimate of drug-likeness (QED) is 0.858. The van der Waals surface area contributed by atoms with Gasteiger partial charge in [-0.2, -0.15) is 5.26 Å². The molecular formula is C14H8BrClN2O2. The molecule has 2 rings (SSSR count). The normalized spacial score (nSPS) is 9.85. The first kappa shape index (κ1) is 14.4. The van der Waals surface area contributed by atoms with Crippen LogP contribution in [0.3, 0.4) is 0 Å². The zero-order chi connectivity index (χ0) is 14.7. The molecule has 0 saturated heterocycles. The lowest BCUT2D eigenvalue weighted by Crippen LogP contribution is -1.99. The highest BCUT2D eigenvalue weighted by Crippen LogP contribution is 2.26. The molecular weight excluding hydrogens is 344 g/mol. The van der Waals surface area contributed by atoms with E-state index in [2.05, 4.69) is 21.2 Å². The number of nitrogens with zero attached hydrogens (tertiary/aromatic N) is 1. The first-order valence-corrected chi connectivity index (χ1v) is 6.68. The van der Waals surface area contributed by atoms with Gasteiger partial charge in [-0.25, -0.2) is 4.79 Å². The van der Waals surface area contributed by atoms with Crippen LogP contribution >= 0.6 is 27.5 Å². The Balaban J connectivity index is 2.31. The Hall–Kier alpha value is -2.03. The fourth-order valence-electron chi connectivity index (χ4n) is 1.62. The van der Waals surface area contributed by atoms with Gasteiger partial charge in [-0.15, -0.1) is 0 Å². The number of aromatic carboxylic acids is 1. The molecule has 0 heterocycles. The van der Waals surface area contributed by atoms with E-state index in [1.807, 2.05) is 6.07 Å². The lowest BCUT2D eigenvalue weighted by atomic mass is 10.2. The van der Waals surface area contributed by atoms with Gasteiger partial charge in [0.2, 0.25) is 0 Å². The Morgan fingerprint density at radius 2 is 1.90 bits per heavy atom. The Morgan fingerprint density at radius 3 is 2.50 bits per heavy atom. The number of halogens is 2. The summed E-state index contributed by atoms with van der Waals surface area (Å²) < 4.78 is 0.508. The molecule has 0 bridgehead atoms. The van der Waals surface area contributed by atoms with Crippen LogP contribution in [0.1, 0.15) is 15.9 Å². The Labute approximate surface area is 128 Å². The number of carboxylic acids is 1. The van der Waals surface area contributed by atoms with Crippen molar-refractivity contribution in [1.29, 1.82) is 5.26 Å². The lowest BCUT2D eigenvalue weighted by Gasteiger charge is -2.09. The molecule has 0 atom stereocenters. The number of carbonyl (C=O) groups is 1. The van der Waals surface area contributed by atoms with Crippen molar-refractivity contribution in [2.24, 2.45) is 0 Å². The molecule has 0 unspecified atom stereocenters. The number of benzene rings is 2. The second-order valence-electron chi connectivity index (χ2n) is 3.93. The molecule has 0 radical (unpaired) electrons. The van der Waals surface area contributed by atoms with Crippen molar-refractivity contribution >= 4 is 44.9 Å². The summed E-state index contributed by atoms with van der Waals surface area (Å²) in [6, 6.07) is 11.8. The lowest BCUT2D eigenvalue weighted by molar-refractivity contribution is 0.0696. The zero-order valence-corrected chi connectivity index (χ0v) is 12.4. The van der Waals surface area contributed by atoms with Crippen molar-refractivity contribution in [2.75, 3.05) is 5.32 Å². The van der Waals surface area contributed by atoms with Gasteiger partial charge in [-0.05, 0) is 52.3 Å². The first-order valence-electron chi connectivity index (χ1n) is 5.51.